The van der Waals surface area contributed by atoms with Gasteiger partial charge in [-0.25, -0.2) is 4.98 Å². The molecule has 0 radical (unpaired) electrons. The number of halogens is 2. The highest BCUT2D eigenvalue weighted by Gasteiger charge is 2.40. The van der Waals surface area contributed by atoms with Gasteiger partial charge in [0, 0.05) is 29.3 Å². The first-order chi connectivity index (χ1) is 17.7. The summed E-state index contributed by atoms with van der Waals surface area (Å²) < 4.78 is 8.01. The first kappa shape index (κ1) is 25.3. The van der Waals surface area contributed by atoms with E-state index in [1.165, 1.54) is 0 Å². The molecule has 8 nitrogen and oxygen atoms in total. The predicted molar refractivity (Wildman–Crippen MR) is 148 cm³/mol. The smallest absolute Gasteiger partial charge is 0.255 e. The third kappa shape index (κ3) is 5.34. The average molecular weight is 583 g/mol. The third-order valence-electron chi connectivity index (χ3n) is 6.36. The maximum Gasteiger partial charge on any atom is 0.255 e. The summed E-state index contributed by atoms with van der Waals surface area (Å²) in [6.07, 6.45) is 0. The van der Waals surface area contributed by atoms with E-state index in [-0.39, 0.29) is 11.8 Å². The van der Waals surface area contributed by atoms with Gasteiger partial charge in [-0.2, -0.15) is 0 Å². The number of amides is 2. The number of hydrogen-bond donors (Lipinski definition) is 3. The van der Waals surface area contributed by atoms with Crippen molar-refractivity contribution in [1.29, 1.82) is 0 Å². The summed E-state index contributed by atoms with van der Waals surface area (Å²) in [6, 6.07) is 18.3. The lowest BCUT2D eigenvalue weighted by Gasteiger charge is -2.36. The molecule has 2 heterocycles. The zero-order chi connectivity index (χ0) is 26.2. The minimum absolute atomic E-state index is 0.0291. The van der Waals surface area contributed by atoms with Gasteiger partial charge in [0.15, 0.2) is 0 Å². The Bertz CT molecular complexity index is 1500. The summed E-state index contributed by atoms with van der Waals surface area (Å²) in [5.41, 5.74) is 3.84. The highest BCUT2D eigenvalue weighted by atomic mass is 79.9. The SMILES string of the molecule is Cn1c(Nc2cc(CNC(=O)C3(C)COC3)ccc2Cl)nc2cc(C(=O)Nc3ccc(Br)cc3)ccc21. The number of nitrogens with zero attached hydrogens (tertiary/aromatic N) is 2. The van der Waals surface area contributed by atoms with Crippen LogP contribution < -0.4 is 16.0 Å². The Morgan fingerprint density at radius 1 is 1.11 bits per heavy atom. The summed E-state index contributed by atoms with van der Waals surface area (Å²) in [6.45, 7) is 3.14. The molecule has 0 spiro atoms. The van der Waals surface area contributed by atoms with Gasteiger partial charge in [0.2, 0.25) is 11.9 Å². The van der Waals surface area contributed by atoms with Crippen LogP contribution in [0.25, 0.3) is 11.0 Å². The molecule has 1 aliphatic heterocycles. The molecule has 1 aromatic heterocycles. The van der Waals surface area contributed by atoms with Crippen LogP contribution in [0.2, 0.25) is 5.02 Å². The molecule has 3 aromatic carbocycles. The van der Waals surface area contributed by atoms with Crippen molar-refractivity contribution in [2.24, 2.45) is 12.5 Å². The second-order valence-electron chi connectivity index (χ2n) is 9.33. The number of carbonyl (C=O) groups excluding carboxylic acids is 2. The van der Waals surface area contributed by atoms with Crippen molar-refractivity contribution in [1.82, 2.24) is 14.9 Å². The van der Waals surface area contributed by atoms with Crippen molar-refractivity contribution in [3.63, 3.8) is 0 Å². The number of fused-ring (bicyclic) bond motifs is 1. The second-order valence-corrected chi connectivity index (χ2v) is 10.7. The van der Waals surface area contributed by atoms with E-state index in [0.29, 0.717) is 53.2 Å². The number of rotatable bonds is 7. The summed E-state index contributed by atoms with van der Waals surface area (Å²) in [5.74, 6) is 0.325. The van der Waals surface area contributed by atoms with Gasteiger partial charge in [0.25, 0.3) is 5.91 Å². The molecule has 0 atom stereocenters. The van der Waals surface area contributed by atoms with Crippen LogP contribution in [0, 0.1) is 5.41 Å². The van der Waals surface area contributed by atoms with Crippen molar-refractivity contribution >= 4 is 67.7 Å². The van der Waals surface area contributed by atoms with Crippen LogP contribution in [-0.2, 0) is 23.1 Å². The molecule has 5 rings (SSSR count). The molecule has 4 aromatic rings. The largest absolute Gasteiger partial charge is 0.379 e. The molecule has 1 aliphatic rings. The number of hydrogen-bond acceptors (Lipinski definition) is 5. The Morgan fingerprint density at radius 3 is 2.57 bits per heavy atom. The van der Waals surface area contributed by atoms with Crippen LogP contribution in [0.3, 0.4) is 0 Å². The summed E-state index contributed by atoms with van der Waals surface area (Å²) >= 11 is 9.85. The van der Waals surface area contributed by atoms with Crippen LogP contribution >= 0.6 is 27.5 Å². The van der Waals surface area contributed by atoms with Gasteiger partial charge in [0.1, 0.15) is 0 Å². The molecule has 190 valence electrons. The number of nitrogens with one attached hydrogen (secondary N) is 3. The van der Waals surface area contributed by atoms with E-state index in [0.717, 1.165) is 15.6 Å². The van der Waals surface area contributed by atoms with E-state index in [1.807, 2.05) is 61.0 Å². The van der Waals surface area contributed by atoms with E-state index in [2.05, 4.69) is 36.9 Å². The summed E-state index contributed by atoms with van der Waals surface area (Å²) in [4.78, 5) is 29.9. The van der Waals surface area contributed by atoms with E-state index in [1.54, 1.807) is 18.2 Å². The van der Waals surface area contributed by atoms with Crippen LogP contribution in [0.1, 0.15) is 22.8 Å². The molecule has 0 unspecified atom stereocenters. The van der Waals surface area contributed by atoms with Crippen molar-refractivity contribution in [2.45, 2.75) is 13.5 Å². The van der Waals surface area contributed by atoms with E-state index < -0.39 is 5.41 Å². The normalized spacial score (nSPS) is 14.2. The van der Waals surface area contributed by atoms with Crippen molar-refractivity contribution in [3.05, 3.63) is 81.3 Å². The fraction of sp³-hybridized carbons (Fsp3) is 0.222. The number of ether oxygens (including phenoxy) is 1. The monoisotopic (exact) mass is 581 g/mol. The fourth-order valence-corrected chi connectivity index (χ4v) is 4.45. The van der Waals surface area contributed by atoms with Gasteiger partial charge in [-0.3, -0.25) is 9.59 Å². The minimum Gasteiger partial charge on any atom is -0.379 e. The maximum atomic E-state index is 12.8. The third-order valence-corrected chi connectivity index (χ3v) is 7.22. The Kier molecular flexibility index (Phi) is 6.94. The van der Waals surface area contributed by atoms with Gasteiger partial charge < -0.3 is 25.3 Å². The summed E-state index contributed by atoms with van der Waals surface area (Å²) in [7, 11) is 1.89. The zero-order valence-corrected chi connectivity index (χ0v) is 22.6. The predicted octanol–water partition coefficient (Wildman–Crippen LogP) is 5.64. The average Bonchev–Trinajstić information content (AvgIpc) is 3.18. The molecule has 0 saturated carbocycles. The molecule has 10 heteroatoms. The van der Waals surface area contributed by atoms with Crippen molar-refractivity contribution in [3.8, 4) is 0 Å². The van der Waals surface area contributed by atoms with Gasteiger partial charge >= 0.3 is 0 Å². The standard InChI is InChI=1S/C27H25BrClN5O3/c1-27(14-37-15-27)25(36)30-13-16-3-9-20(29)21(11-16)32-26-33-22-12-17(4-10-23(22)34(26)2)24(35)31-19-7-5-18(28)6-8-19/h3-12H,13-15H2,1-2H3,(H,30,36)(H,31,35)(H,32,33). The van der Waals surface area contributed by atoms with Crippen LogP contribution in [0.5, 0.6) is 0 Å². The molecule has 37 heavy (non-hydrogen) atoms. The molecule has 2 amide bonds. The maximum absolute atomic E-state index is 12.8. The number of benzene rings is 3. The highest BCUT2D eigenvalue weighted by molar-refractivity contribution is 9.10. The first-order valence-corrected chi connectivity index (χ1v) is 12.8. The lowest BCUT2D eigenvalue weighted by Crippen LogP contribution is -2.51. The molecular weight excluding hydrogens is 558 g/mol. The molecule has 0 aliphatic carbocycles. The second kappa shape index (κ2) is 10.2. The van der Waals surface area contributed by atoms with Crippen LogP contribution in [0.15, 0.2) is 65.1 Å². The molecule has 1 fully saturated rings. The quantitative estimate of drug-likeness (QED) is 0.262. The Morgan fingerprint density at radius 2 is 1.86 bits per heavy atom. The van der Waals surface area contributed by atoms with E-state index >= 15 is 0 Å². The Hall–Kier alpha value is -3.40. The van der Waals surface area contributed by atoms with E-state index in [9.17, 15) is 9.59 Å². The van der Waals surface area contributed by atoms with Gasteiger partial charge in [0.05, 0.1) is 40.4 Å². The Balaban J connectivity index is 1.32. The zero-order valence-electron chi connectivity index (χ0n) is 20.3. The van der Waals surface area contributed by atoms with Crippen molar-refractivity contribution < 1.29 is 14.3 Å². The lowest BCUT2D eigenvalue weighted by atomic mass is 9.87. The number of aryl methyl sites for hydroxylation is 1. The fourth-order valence-electron chi connectivity index (χ4n) is 4.02. The number of carbonyl (C=O) groups is 2. The van der Waals surface area contributed by atoms with Crippen molar-refractivity contribution in [2.75, 3.05) is 23.8 Å². The lowest BCUT2D eigenvalue weighted by molar-refractivity contribution is -0.157. The first-order valence-electron chi connectivity index (χ1n) is 11.7. The number of aromatic nitrogens is 2. The van der Waals surface area contributed by atoms with Gasteiger partial charge in [-0.1, -0.05) is 33.6 Å². The Labute approximate surface area is 227 Å². The minimum atomic E-state index is -0.464. The van der Waals surface area contributed by atoms with Crippen LogP contribution in [-0.4, -0.2) is 34.6 Å². The molecule has 3 N–H and O–H groups in total. The number of anilines is 3. The van der Waals surface area contributed by atoms with Gasteiger partial charge in [-0.05, 0) is 67.1 Å². The molecular formula is C27H25BrClN5O3. The van der Waals surface area contributed by atoms with Gasteiger partial charge in [-0.15, -0.1) is 0 Å². The number of imidazole rings is 1. The molecule has 0 bridgehead atoms. The summed E-state index contributed by atoms with van der Waals surface area (Å²) in [5, 5.41) is 9.68. The highest BCUT2D eigenvalue weighted by Crippen LogP contribution is 2.30. The van der Waals surface area contributed by atoms with E-state index in [4.69, 9.17) is 16.3 Å². The van der Waals surface area contributed by atoms with Crippen LogP contribution in [0.4, 0.5) is 17.3 Å². The molecule has 1 saturated heterocycles. The topological polar surface area (TPSA) is 97.3 Å².